The Labute approximate surface area is 162 Å². The first kappa shape index (κ1) is 21.1. The second kappa shape index (κ2) is 8.67. The van der Waals surface area contributed by atoms with Crippen LogP contribution >= 0.6 is 0 Å². The fourth-order valence-corrected chi connectivity index (χ4v) is 3.96. The molecule has 0 spiro atoms. The minimum atomic E-state index is -3.49. The van der Waals surface area contributed by atoms with Gasteiger partial charge >= 0.3 is 0 Å². The fraction of sp³-hybridized carbons (Fsp3) is 0.381. The molecule has 27 heavy (non-hydrogen) atoms. The predicted octanol–water partition coefficient (Wildman–Crippen LogP) is 3.59. The summed E-state index contributed by atoms with van der Waals surface area (Å²) in [6.45, 7) is 7.63. The van der Waals surface area contributed by atoms with Gasteiger partial charge in [0, 0.05) is 25.2 Å². The summed E-state index contributed by atoms with van der Waals surface area (Å²) >= 11 is 0. The van der Waals surface area contributed by atoms with Crippen molar-refractivity contribution < 1.29 is 13.2 Å². The lowest BCUT2D eigenvalue weighted by Crippen LogP contribution is -2.30. The van der Waals surface area contributed by atoms with Crippen molar-refractivity contribution in [2.75, 3.05) is 11.9 Å². The number of amides is 1. The molecule has 2 rings (SSSR count). The molecule has 0 aliphatic carbocycles. The Kier molecular flexibility index (Phi) is 6.78. The molecule has 146 valence electrons. The maximum atomic E-state index is 12.5. The largest absolute Gasteiger partial charge is 0.315 e. The van der Waals surface area contributed by atoms with Gasteiger partial charge in [0.25, 0.3) is 0 Å². The molecule has 0 heterocycles. The summed E-state index contributed by atoms with van der Waals surface area (Å²) in [6.07, 6.45) is 0.922. The molecular weight excluding hydrogens is 360 g/mol. The van der Waals surface area contributed by atoms with Gasteiger partial charge in [0.05, 0.1) is 4.90 Å². The molecule has 2 aromatic carbocycles. The number of nitrogens with zero attached hydrogens (tertiary/aromatic N) is 1. The van der Waals surface area contributed by atoms with Gasteiger partial charge in [0.1, 0.15) is 0 Å². The van der Waals surface area contributed by atoms with Crippen LogP contribution in [0.3, 0.4) is 0 Å². The van der Waals surface area contributed by atoms with E-state index in [0.29, 0.717) is 12.8 Å². The van der Waals surface area contributed by atoms with Gasteiger partial charge in [-0.15, -0.1) is 0 Å². The molecule has 2 aromatic rings. The monoisotopic (exact) mass is 388 g/mol. The molecule has 0 aliphatic rings. The van der Waals surface area contributed by atoms with Gasteiger partial charge in [0.15, 0.2) is 0 Å². The van der Waals surface area contributed by atoms with E-state index >= 15 is 0 Å². The van der Waals surface area contributed by atoms with Crippen LogP contribution in [-0.4, -0.2) is 27.4 Å². The van der Waals surface area contributed by atoms with Crippen molar-refractivity contribution in [3.63, 3.8) is 0 Å². The quantitative estimate of drug-likeness (QED) is 0.788. The van der Waals surface area contributed by atoms with Gasteiger partial charge in [-0.3, -0.25) is 4.79 Å². The summed E-state index contributed by atoms with van der Waals surface area (Å²) in [5.74, 6) is 0.0245. The number of hydrogen-bond donors (Lipinski definition) is 1. The van der Waals surface area contributed by atoms with Crippen LogP contribution in [-0.2, 0) is 21.2 Å². The molecule has 0 bridgehead atoms. The Morgan fingerprint density at radius 1 is 1.04 bits per heavy atom. The van der Waals surface area contributed by atoms with Gasteiger partial charge in [-0.1, -0.05) is 18.2 Å². The SMILES string of the molecule is Cc1ccc(N(C)C(=O)CCc2ccc(S(=O)(=O)NC(C)C)cc2)cc1C. The van der Waals surface area contributed by atoms with Crippen LogP contribution in [0.4, 0.5) is 5.69 Å². The van der Waals surface area contributed by atoms with Crippen molar-refractivity contribution in [3.05, 3.63) is 59.2 Å². The Bertz CT molecular complexity index is 904. The summed E-state index contributed by atoms with van der Waals surface area (Å²) < 4.78 is 26.8. The fourth-order valence-electron chi connectivity index (χ4n) is 2.71. The number of rotatable bonds is 7. The van der Waals surface area contributed by atoms with E-state index in [1.54, 1.807) is 50.1 Å². The lowest BCUT2D eigenvalue weighted by Gasteiger charge is -2.18. The minimum Gasteiger partial charge on any atom is -0.315 e. The second-order valence-corrected chi connectivity index (χ2v) is 8.86. The molecule has 1 N–H and O–H groups in total. The number of carbonyl (C=O) groups is 1. The first-order valence-electron chi connectivity index (χ1n) is 9.05. The normalized spacial score (nSPS) is 11.6. The highest BCUT2D eigenvalue weighted by Gasteiger charge is 2.15. The Morgan fingerprint density at radius 2 is 1.67 bits per heavy atom. The zero-order valence-corrected chi connectivity index (χ0v) is 17.4. The average molecular weight is 389 g/mol. The van der Waals surface area contributed by atoms with Crippen LogP contribution in [0.15, 0.2) is 47.4 Å². The zero-order chi connectivity index (χ0) is 20.2. The van der Waals surface area contributed by atoms with Gasteiger partial charge in [0.2, 0.25) is 15.9 Å². The van der Waals surface area contributed by atoms with Crippen LogP contribution in [0.2, 0.25) is 0 Å². The number of anilines is 1. The molecule has 0 atom stereocenters. The number of hydrogen-bond acceptors (Lipinski definition) is 3. The topological polar surface area (TPSA) is 66.5 Å². The highest BCUT2D eigenvalue weighted by Crippen LogP contribution is 2.19. The average Bonchev–Trinajstić information content (AvgIpc) is 2.60. The van der Waals surface area contributed by atoms with E-state index in [9.17, 15) is 13.2 Å². The second-order valence-electron chi connectivity index (χ2n) is 7.14. The molecule has 0 fully saturated rings. The van der Waals surface area contributed by atoms with Crippen LogP contribution in [0, 0.1) is 13.8 Å². The summed E-state index contributed by atoms with van der Waals surface area (Å²) in [7, 11) is -1.71. The number of sulfonamides is 1. The van der Waals surface area contributed by atoms with Crippen molar-refractivity contribution in [3.8, 4) is 0 Å². The van der Waals surface area contributed by atoms with E-state index < -0.39 is 10.0 Å². The lowest BCUT2D eigenvalue weighted by molar-refractivity contribution is -0.118. The maximum Gasteiger partial charge on any atom is 0.240 e. The first-order valence-corrected chi connectivity index (χ1v) is 10.5. The van der Waals surface area contributed by atoms with Gasteiger partial charge < -0.3 is 4.90 Å². The van der Waals surface area contributed by atoms with Crippen molar-refractivity contribution >= 4 is 21.6 Å². The zero-order valence-electron chi connectivity index (χ0n) is 16.6. The Morgan fingerprint density at radius 3 is 2.22 bits per heavy atom. The molecule has 0 saturated carbocycles. The third kappa shape index (κ3) is 5.65. The van der Waals surface area contributed by atoms with Crippen molar-refractivity contribution in [1.82, 2.24) is 4.72 Å². The molecule has 0 aromatic heterocycles. The number of benzene rings is 2. The predicted molar refractivity (Wildman–Crippen MR) is 110 cm³/mol. The Hall–Kier alpha value is -2.18. The minimum absolute atomic E-state index is 0.0245. The molecule has 1 amide bonds. The molecule has 0 radical (unpaired) electrons. The standard InChI is InChI=1S/C21H28N2O3S/c1-15(2)22-27(25,26)20-11-7-18(8-12-20)9-13-21(24)23(5)19-10-6-16(3)17(4)14-19/h6-8,10-12,14-15,22H,9,13H2,1-5H3. The highest BCUT2D eigenvalue weighted by molar-refractivity contribution is 7.89. The lowest BCUT2D eigenvalue weighted by atomic mass is 10.1. The van der Waals surface area contributed by atoms with E-state index in [2.05, 4.69) is 4.72 Å². The van der Waals surface area contributed by atoms with Gasteiger partial charge in [-0.25, -0.2) is 13.1 Å². The summed E-state index contributed by atoms with van der Waals surface area (Å²) in [4.78, 5) is 14.4. The third-order valence-electron chi connectivity index (χ3n) is 4.50. The maximum absolute atomic E-state index is 12.5. The smallest absolute Gasteiger partial charge is 0.240 e. The number of aryl methyl sites for hydroxylation is 3. The summed E-state index contributed by atoms with van der Waals surface area (Å²) in [5, 5.41) is 0. The van der Waals surface area contributed by atoms with Crippen molar-refractivity contribution in [2.24, 2.45) is 0 Å². The van der Waals surface area contributed by atoms with E-state index in [0.717, 1.165) is 16.8 Å². The molecule has 5 nitrogen and oxygen atoms in total. The molecular formula is C21H28N2O3S. The molecule has 0 aliphatic heterocycles. The number of nitrogens with one attached hydrogen (secondary N) is 1. The van der Waals surface area contributed by atoms with Crippen LogP contribution in [0.25, 0.3) is 0 Å². The summed E-state index contributed by atoms with van der Waals surface area (Å²) in [6, 6.07) is 12.5. The van der Waals surface area contributed by atoms with Gasteiger partial charge in [-0.05, 0) is 75.1 Å². The van der Waals surface area contributed by atoms with Crippen LogP contribution < -0.4 is 9.62 Å². The first-order chi connectivity index (χ1) is 12.6. The third-order valence-corrected chi connectivity index (χ3v) is 6.18. The van der Waals surface area contributed by atoms with E-state index in [1.807, 2.05) is 32.0 Å². The molecule has 0 unspecified atom stereocenters. The van der Waals surface area contributed by atoms with Crippen molar-refractivity contribution in [1.29, 1.82) is 0 Å². The van der Waals surface area contributed by atoms with Crippen LogP contribution in [0.1, 0.15) is 37.0 Å². The van der Waals surface area contributed by atoms with E-state index in [4.69, 9.17) is 0 Å². The van der Waals surface area contributed by atoms with Crippen molar-refractivity contribution in [2.45, 2.75) is 51.5 Å². The highest BCUT2D eigenvalue weighted by atomic mass is 32.2. The molecule has 6 heteroatoms. The van der Waals surface area contributed by atoms with Gasteiger partial charge in [-0.2, -0.15) is 0 Å². The van der Waals surface area contributed by atoms with E-state index in [-0.39, 0.29) is 16.8 Å². The van der Waals surface area contributed by atoms with Crippen LogP contribution in [0.5, 0.6) is 0 Å². The number of carbonyl (C=O) groups excluding carboxylic acids is 1. The van der Waals surface area contributed by atoms with E-state index in [1.165, 1.54) is 5.56 Å². The Balaban J connectivity index is 1.99. The summed E-state index contributed by atoms with van der Waals surface area (Å²) in [5.41, 5.74) is 4.16. The molecule has 0 saturated heterocycles.